The Balaban J connectivity index is 1.04. The van der Waals surface area contributed by atoms with Gasteiger partial charge in [0.2, 0.25) is 0 Å². The number of nitrogens with zero attached hydrogens (tertiary/aromatic N) is 4. The number of ether oxygens (including phenoxy) is 2. The molecule has 0 unspecified atom stereocenters. The highest BCUT2D eigenvalue weighted by Gasteiger charge is 2.36. The van der Waals surface area contributed by atoms with Crippen molar-refractivity contribution in [2.24, 2.45) is 7.05 Å². The monoisotopic (exact) mass is 625 g/mol. The normalized spacial score (nSPS) is 17.4. The number of hydrogen-bond donors (Lipinski definition) is 1. The zero-order valence-electron chi connectivity index (χ0n) is 24.7. The van der Waals surface area contributed by atoms with Gasteiger partial charge in [-0.05, 0) is 54.9 Å². The summed E-state index contributed by atoms with van der Waals surface area (Å²) in [7, 11) is 1.55. The number of cyclic esters (lactones) is 1. The van der Waals surface area contributed by atoms with Crippen LogP contribution < -0.4 is 20.5 Å². The second kappa shape index (κ2) is 11.5. The number of halogens is 1. The molecule has 3 amide bonds. The second-order valence-electron chi connectivity index (χ2n) is 11.4. The van der Waals surface area contributed by atoms with Crippen LogP contribution in [0.5, 0.6) is 5.75 Å². The molecule has 2 aromatic carbocycles. The Kier molecular flexibility index (Phi) is 7.32. The molecule has 13 heteroatoms. The molecule has 3 aliphatic rings. The fourth-order valence-corrected chi connectivity index (χ4v) is 6.18. The third-order valence-corrected chi connectivity index (χ3v) is 8.49. The molecular weight excluding hydrogens is 597 g/mol. The lowest BCUT2D eigenvalue weighted by atomic mass is 10.0. The van der Waals surface area contributed by atoms with Crippen molar-refractivity contribution in [2.45, 2.75) is 25.5 Å². The summed E-state index contributed by atoms with van der Waals surface area (Å²) in [6.07, 6.45) is -0.728. The van der Waals surface area contributed by atoms with Gasteiger partial charge in [-0.2, -0.15) is 0 Å². The second-order valence-corrected chi connectivity index (χ2v) is 11.4. The summed E-state index contributed by atoms with van der Waals surface area (Å²) >= 11 is 0. The molecule has 0 bridgehead atoms. The Bertz CT molecular complexity index is 1990. The highest BCUT2D eigenvalue weighted by atomic mass is 19.1. The number of anilines is 1. The number of Topliss-reactive ketones (excluding diaryl/α,β-unsaturated/α-hetero) is 1. The highest BCUT2D eigenvalue weighted by molar-refractivity contribution is 6.21. The lowest BCUT2D eigenvalue weighted by molar-refractivity contribution is -0.121. The van der Waals surface area contributed by atoms with Crippen molar-refractivity contribution in [3.63, 3.8) is 0 Å². The maximum absolute atomic E-state index is 15.3. The van der Waals surface area contributed by atoms with E-state index in [-0.39, 0.29) is 44.9 Å². The van der Waals surface area contributed by atoms with Crippen LogP contribution in [0.2, 0.25) is 0 Å². The first-order chi connectivity index (χ1) is 22.2. The molecule has 46 heavy (non-hydrogen) atoms. The van der Waals surface area contributed by atoms with E-state index in [9.17, 15) is 24.0 Å². The number of benzene rings is 2. The molecule has 0 saturated carbocycles. The van der Waals surface area contributed by atoms with E-state index in [2.05, 4.69) is 10.3 Å². The van der Waals surface area contributed by atoms with Crippen LogP contribution in [0.15, 0.2) is 59.4 Å². The van der Waals surface area contributed by atoms with Crippen molar-refractivity contribution in [2.75, 3.05) is 31.1 Å². The number of pyridine rings is 2. The van der Waals surface area contributed by atoms with Crippen LogP contribution in [0.1, 0.15) is 37.5 Å². The predicted octanol–water partition coefficient (Wildman–Crippen LogP) is 2.53. The number of nitrogens with one attached hydrogen (secondary N) is 1. The fraction of sp³-hybridized carbons (Fsp3) is 0.273. The largest absolute Gasteiger partial charge is 0.484 e. The van der Waals surface area contributed by atoms with Gasteiger partial charge >= 0.3 is 6.09 Å². The van der Waals surface area contributed by atoms with Gasteiger partial charge in [-0.15, -0.1) is 0 Å². The van der Waals surface area contributed by atoms with Gasteiger partial charge in [0.15, 0.2) is 5.78 Å². The topological polar surface area (TPSA) is 140 Å². The minimum Gasteiger partial charge on any atom is -0.484 e. The Labute approximate surface area is 261 Å². The van der Waals surface area contributed by atoms with Crippen LogP contribution in [0, 0.1) is 5.82 Å². The lowest BCUT2D eigenvalue weighted by Gasteiger charge is -2.19. The number of fused-ring (bicyclic) bond motifs is 3. The van der Waals surface area contributed by atoms with Gasteiger partial charge in [-0.25, -0.2) is 14.2 Å². The van der Waals surface area contributed by atoms with Crippen molar-refractivity contribution >= 4 is 40.4 Å². The van der Waals surface area contributed by atoms with E-state index in [1.165, 1.54) is 21.6 Å². The number of carbonyl (C=O) groups excluding carboxylic acids is 4. The molecule has 1 fully saturated rings. The SMILES string of the molecule is Cn1c(=O)cc(CN2C(=O)c3ccccc3C2=O)c2ccc(F)c(CCNC[C@H]3CN(c4ccc5c(n4)CC(=O)CO5)C(=O)O3)c21. The highest BCUT2D eigenvalue weighted by Crippen LogP contribution is 2.30. The van der Waals surface area contributed by atoms with E-state index in [1.54, 1.807) is 49.5 Å². The van der Waals surface area contributed by atoms with Gasteiger partial charge in [0.1, 0.15) is 30.1 Å². The Hall–Kier alpha value is -5.43. The van der Waals surface area contributed by atoms with Crippen LogP contribution in [-0.2, 0) is 36.0 Å². The minimum atomic E-state index is -0.567. The molecule has 12 nitrogen and oxygen atoms in total. The molecule has 4 aromatic rings. The molecule has 234 valence electrons. The summed E-state index contributed by atoms with van der Waals surface area (Å²) in [6.45, 7) is 0.686. The standard InChI is InChI=1S/C33H28FN5O7/c1-37-29(41)12-18(15-39-31(42)22-4-2-3-5-23(22)32(39)43)21-6-7-25(34)24(30(21)37)10-11-35-14-20-16-38(33(44)46-20)28-9-8-27-26(36-28)13-19(40)17-45-27/h2-9,12,20,35H,10-11,13-17H2,1H3/t20-/m0/s1. The molecule has 7 rings (SSSR count). The molecule has 0 aliphatic carbocycles. The van der Waals surface area contributed by atoms with E-state index in [4.69, 9.17) is 9.47 Å². The van der Waals surface area contributed by atoms with Gasteiger partial charge in [0, 0.05) is 30.6 Å². The average Bonchev–Trinajstić information content (AvgIpc) is 3.54. The van der Waals surface area contributed by atoms with E-state index in [0.717, 1.165) is 4.90 Å². The summed E-state index contributed by atoms with van der Waals surface area (Å²) in [5, 5.41) is 3.76. The quantitative estimate of drug-likeness (QED) is 0.231. The lowest BCUT2D eigenvalue weighted by Crippen LogP contribution is -2.32. The molecular formula is C33H28FN5O7. The summed E-state index contributed by atoms with van der Waals surface area (Å²) in [6, 6.07) is 14.1. The number of hydrogen-bond acceptors (Lipinski definition) is 9. The van der Waals surface area contributed by atoms with Crippen molar-refractivity contribution in [1.82, 2.24) is 19.8 Å². The summed E-state index contributed by atoms with van der Waals surface area (Å²) in [5.74, 6) is -0.604. The number of carbonyl (C=O) groups is 4. The first-order valence-electron chi connectivity index (χ1n) is 14.8. The molecule has 3 aliphatic heterocycles. The Morgan fingerprint density at radius 3 is 2.52 bits per heavy atom. The van der Waals surface area contributed by atoms with E-state index in [0.29, 0.717) is 57.0 Å². The minimum absolute atomic E-state index is 0.00351. The Morgan fingerprint density at radius 2 is 1.76 bits per heavy atom. The van der Waals surface area contributed by atoms with Crippen LogP contribution in [0.25, 0.3) is 10.9 Å². The van der Waals surface area contributed by atoms with E-state index >= 15 is 4.39 Å². The first kappa shape index (κ1) is 29.3. The zero-order valence-corrected chi connectivity index (χ0v) is 24.7. The average molecular weight is 626 g/mol. The van der Waals surface area contributed by atoms with Crippen molar-refractivity contribution in [1.29, 1.82) is 0 Å². The van der Waals surface area contributed by atoms with Gasteiger partial charge < -0.3 is 19.4 Å². The van der Waals surface area contributed by atoms with E-state index in [1.807, 2.05) is 0 Å². The number of imide groups is 1. The van der Waals surface area contributed by atoms with Gasteiger partial charge in [0.05, 0.1) is 41.8 Å². The van der Waals surface area contributed by atoms with Crippen LogP contribution in [0.3, 0.4) is 0 Å². The third kappa shape index (κ3) is 5.08. The molecule has 5 heterocycles. The number of aryl methyl sites for hydroxylation is 1. The molecule has 1 saturated heterocycles. The van der Waals surface area contributed by atoms with Crippen molar-refractivity contribution in [3.05, 3.63) is 98.7 Å². The van der Waals surface area contributed by atoms with E-state index < -0.39 is 35.4 Å². The summed E-state index contributed by atoms with van der Waals surface area (Å²) in [5.41, 5.74) is 1.80. The third-order valence-electron chi connectivity index (χ3n) is 8.49. The van der Waals surface area contributed by atoms with Crippen LogP contribution >= 0.6 is 0 Å². The van der Waals surface area contributed by atoms with Crippen LogP contribution in [0.4, 0.5) is 15.0 Å². The van der Waals surface area contributed by atoms with Gasteiger partial charge in [-0.3, -0.25) is 29.0 Å². The summed E-state index contributed by atoms with van der Waals surface area (Å²) in [4.78, 5) is 70.3. The molecule has 0 radical (unpaired) electrons. The fourth-order valence-electron chi connectivity index (χ4n) is 6.18. The van der Waals surface area contributed by atoms with Gasteiger partial charge in [-0.1, -0.05) is 12.1 Å². The first-order valence-corrected chi connectivity index (χ1v) is 14.8. The predicted molar refractivity (Wildman–Crippen MR) is 162 cm³/mol. The molecule has 0 spiro atoms. The number of amides is 3. The maximum atomic E-state index is 15.3. The van der Waals surface area contributed by atoms with Crippen molar-refractivity contribution in [3.8, 4) is 5.75 Å². The smallest absolute Gasteiger partial charge is 0.415 e. The number of ketones is 1. The maximum Gasteiger partial charge on any atom is 0.415 e. The zero-order chi connectivity index (χ0) is 32.1. The van der Waals surface area contributed by atoms with Gasteiger partial charge in [0.25, 0.3) is 17.4 Å². The van der Waals surface area contributed by atoms with Crippen molar-refractivity contribution < 1.29 is 33.0 Å². The van der Waals surface area contributed by atoms with Crippen LogP contribution in [-0.4, -0.2) is 70.5 Å². The number of aromatic nitrogens is 2. The number of rotatable bonds is 8. The molecule has 2 aromatic heterocycles. The molecule has 1 atom stereocenters. The summed E-state index contributed by atoms with van der Waals surface area (Å²) < 4.78 is 27.5. The molecule has 1 N–H and O–H groups in total. The Morgan fingerprint density at radius 1 is 1.00 bits per heavy atom.